The molecule has 0 saturated heterocycles. The average molecular weight is 444 g/mol. The summed E-state index contributed by atoms with van der Waals surface area (Å²) in [6, 6.07) is 5.14. The Morgan fingerprint density at radius 2 is 2.05 bits per heavy atom. The molecule has 0 aliphatic rings. The molecule has 10 heteroatoms. The van der Waals surface area contributed by atoms with Crippen LogP contribution in [0, 0.1) is 0 Å². The van der Waals surface area contributed by atoms with Crippen molar-refractivity contribution < 1.29 is 17.9 Å². The number of hydrogen-bond acceptors (Lipinski definition) is 5. The van der Waals surface area contributed by atoms with Crippen molar-refractivity contribution in [2.45, 2.75) is 0 Å². The van der Waals surface area contributed by atoms with Crippen molar-refractivity contribution in [1.82, 2.24) is 9.71 Å². The van der Waals surface area contributed by atoms with Gasteiger partial charge in [-0.3, -0.25) is 4.98 Å². The van der Waals surface area contributed by atoms with E-state index in [1.807, 2.05) is 0 Å². The number of carbonyl (C=O) groups excluding carboxylic acids is 1. The van der Waals surface area contributed by atoms with Crippen molar-refractivity contribution in [2.24, 2.45) is 0 Å². The van der Waals surface area contributed by atoms with Crippen LogP contribution in [0.15, 0.2) is 33.3 Å². The zero-order valence-corrected chi connectivity index (χ0v) is 14.2. The molecule has 106 valence electrons. The molecule has 1 aromatic carbocycles. The Balaban J connectivity index is 2.47. The molecular weight excluding hydrogens is 439 g/mol. The van der Waals surface area contributed by atoms with Gasteiger partial charge in [0.1, 0.15) is 5.52 Å². The maximum atomic E-state index is 11.5. The summed E-state index contributed by atoms with van der Waals surface area (Å²) in [6.07, 6.45) is 0.291. The Kier molecular flexibility index (Phi) is 4.52. The highest BCUT2D eigenvalue weighted by Gasteiger charge is 2.18. The van der Waals surface area contributed by atoms with Gasteiger partial charge >= 0.3 is 15.3 Å². The number of pyridine rings is 1. The molecule has 1 amide bonds. The average Bonchev–Trinajstić information content (AvgIpc) is 2.32. The van der Waals surface area contributed by atoms with E-state index in [2.05, 4.69) is 36.8 Å². The first-order valence-corrected chi connectivity index (χ1v) is 8.84. The number of benzene rings is 1. The minimum absolute atomic E-state index is 0.0848. The molecular formula is C10H5Br2ClN2O4S. The SMILES string of the molecule is O=C(NS(=O)(=O)Cl)Oc1c(Br)cc(Br)c2cccnc12. The number of halogens is 3. The second-order valence-electron chi connectivity index (χ2n) is 3.50. The van der Waals surface area contributed by atoms with Crippen molar-refractivity contribution in [3.63, 3.8) is 0 Å². The van der Waals surface area contributed by atoms with Crippen molar-refractivity contribution in [1.29, 1.82) is 0 Å². The van der Waals surface area contributed by atoms with E-state index in [0.29, 0.717) is 15.4 Å². The van der Waals surface area contributed by atoms with Crippen molar-refractivity contribution in [2.75, 3.05) is 0 Å². The monoisotopic (exact) mass is 442 g/mol. The Bertz CT molecular complexity index is 797. The predicted molar refractivity (Wildman–Crippen MR) is 81.1 cm³/mol. The summed E-state index contributed by atoms with van der Waals surface area (Å²) < 4.78 is 29.1. The molecule has 1 N–H and O–H groups in total. The molecule has 0 atom stereocenters. The number of hydrogen-bond donors (Lipinski definition) is 1. The van der Waals surface area contributed by atoms with Crippen molar-refractivity contribution in [3.8, 4) is 5.75 Å². The molecule has 6 nitrogen and oxygen atoms in total. The van der Waals surface area contributed by atoms with E-state index < -0.39 is 15.3 Å². The number of carbonyl (C=O) groups is 1. The lowest BCUT2D eigenvalue weighted by atomic mass is 10.2. The Labute approximate surface area is 135 Å². The zero-order valence-electron chi connectivity index (χ0n) is 9.43. The third-order valence-corrected chi connectivity index (χ3v) is 4.04. The number of nitrogens with one attached hydrogen (secondary N) is 1. The molecule has 0 aliphatic carbocycles. The van der Waals surface area contributed by atoms with Crippen molar-refractivity contribution >= 4 is 68.8 Å². The van der Waals surface area contributed by atoms with Gasteiger partial charge in [0.2, 0.25) is 0 Å². The third-order valence-electron chi connectivity index (χ3n) is 2.15. The van der Waals surface area contributed by atoms with Gasteiger partial charge in [-0.1, -0.05) is 22.0 Å². The van der Waals surface area contributed by atoms with Gasteiger partial charge in [-0.25, -0.2) is 9.52 Å². The summed E-state index contributed by atoms with van der Waals surface area (Å²) in [6.45, 7) is 0. The maximum absolute atomic E-state index is 11.5. The summed E-state index contributed by atoms with van der Waals surface area (Å²) in [5, 5.41) is 0.701. The Hall–Kier alpha value is -0.900. The smallest absolute Gasteiger partial charge is 0.406 e. The molecule has 0 spiro atoms. The van der Waals surface area contributed by atoms with Crippen LogP contribution in [0.5, 0.6) is 5.75 Å². The van der Waals surface area contributed by atoms with Crippen LogP contribution in [-0.4, -0.2) is 19.5 Å². The van der Waals surface area contributed by atoms with Crippen LogP contribution in [0.3, 0.4) is 0 Å². The molecule has 0 aliphatic heterocycles. The number of fused-ring (bicyclic) bond motifs is 1. The maximum Gasteiger partial charge on any atom is 0.427 e. The minimum atomic E-state index is -4.22. The van der Waals surface area contributed by atoms with Crippen LogP contribution in [0.4, 0.5) is 4.79 Å². The molecule has 0 bridgehead atoms. The van der Waals surface area contributed by atoms with E-state index in [4.69, 9.17) is 15.4 Å². The number of nitrogens with zero attached hydrogens (tertiary/aromatic N) is 1. The number of rotatable bonds is 2. The van der Waals surface area contributed by atoms with Crippen LogP contribution in [0.2, 0.25) is 0 Å². The molecule has 0 unspecified atom stereocenters. The molecule has 1 aromatic heterocycles. The van der Waals surface area contributed by atoms with Crippen LogP contribution in [0.1, 0.15) is 0 Å². The standard InChI is InChI=1S/C10H5Br2ClN2O4S/c11-6-4-7(12)9(8-5(6)2-1-3-14-8)19-10(16)15-20(13,17)18/h1-4H,(H,15,16). The highest BCUT2D eigenvalue weighted by Crippen LogP contribution is 2.37. The lowest BCUT2D eigenvalue weighted by Crippen LogP contribution is -2.29. The minimum Gasteiger partial charge on any atom is -0.406 e. The Morgan fingerprint density at radius 3 is 2.70 bits per heavy atom. The van der Waals surface area contributed by atoms with E-state index in [0.717, 1.165) is 4.47 Å². The van der Waals surface area contributed by atoms with E-state index in [9.17, 15) is 13.2 Å². The van der Waals surface area contributed by atoms with E-state index >= 15 is 0 Å². The van der Waals surface area contributed by atoms with Crippen LogP contribution >= 0.6 is 42.5 Å². The highest BCUT2D eigenvalue weighted by atomic mass is 79.9. The van der Waals surface area contributed by atoms with E-state index in [1.165, 1.54) is 10.9 Å². The lowest BCUT2D eigenvalue weighted by Gasteiger charge is -2.10. The van der Waals surface area contributed by atoms with E-state index in [1.54, 1.807) is 18.2 Å². The predicted octanol–water partition coefficient (Wildman–Crippen LogP) is 3.33. The van der Waals surface area contributed by atoms with Gasteiger partial charge in [0, 0.05) is 26.7 Å². The van der Waals surface area contributed by atoms with Gasteiger partial charge < -0.3 is 4.74 Å². The first-order valence-electron chi connectivity index (χ1n) is 4.95. The van der Waals surface area contributed by atoms with Crippen LogP contribution in [0.25, 0.3) is 10.9 Å². The fourth-order valence-electron chi connectivity index (χ4n) is 1.46. The highest BCUT2D eigenvalue weighted by molar-refractivity contribution is 9.11. The quantitative estimate of drug-likeness (QED) is 0.719. The second-order valence-corrected chi connectivity index (χ2v) is 7.51. The van der Waals surface area contributed by atoms with Gasteiger partial charge in [-0.05, 0) is 28.1 Å². The van der Waals surface area contributed by atoms with Gasteiger partial charge in [0.05, 0.1) is 4.47 Å². The second kappa shape index (κ2) is 5.84. The molecule has 2 aromatic rings. The van der Waals surface area contributed by atoms with Gasteiger partial charge in [-0.2, -0.15) is 8.42 Å². The summed E-state index contributed by atoms with van der Waals surface area (Å²) in [7, 11) is 0.688. The fraction of sp³-hybridized carbons (Fsp3) is 0. The molecule has 20 heavy (non-hydrogen) atoms. The van der Waals surface area contributed by atoms with Gasteiger partial charge in [-0.15, -0.1) is 0 Å². The third kappa shape index (κ3) is 3.60. The molecule has 0 saturated carbocycles. The fourth-order valence-corrected chi connectivity index (χ4v) is 3.24. The number of aromatic nitrogens is 1. The van der Waals surface area contributed by atoms with Gasteiger partial charge in [0.25, 0.3) is 0 Å². The van der Waals surface area contributed by atoms with Crippen LogP contribution < -0.4 is 9.46 Å². The Morgan fingerprint density at radius 1 is 1.35 bits per heavy atom. The van der Waals surface area contributed by atoms with E-state index in [-0.39, 0.29) is 5.75 Å². The molecule has 0 fully saturated rings. The normalized spacial score (nSPS) is 11.3. The number of amides is 1. The summed E-state index contributed by atoms with van der Waals surface area (Å²) >= 11 is 6.57. The summed E-state index contributed by atoms with van der Waals surface area (Å²) in [5.41, 5.74) is 0.385. The van der Waals surface area contributed by atoms with Gasteiger partial charge in [0.15, 0.2) is 5.75 Å². The molecule has 0 radical (unpaired) electrons. The topological polar surface area (TPSA) is 85.4 Å². The summed E-state index contributed by atoms with van der Waals surface area (Å²) in [5.74, 6) is 0.0848. The molecule has 1 heterocycles. The lowest BCUT2D eigenvalue weighted by molar-refractivity contribution is 0.207. The first-order chi connectivity index (χ1) is 9.28. The zero-order chi connectivity index (χ0) is 14.9. The van der Waals surface area contributed by atoms with Crippen molar-refractivity contribution in [3.05, 3.63) is 33.3 Å². The largest absolute Gasteiger partial charge is 0.427 e. The summed E-state index contributed by atoms with van der Waals surface area (Å²) in [4.78, 5) is 15.6. The van der Waals surface area contributed by atoms with Crippen LogP contribution in [-0.2, 0) is 9.24 Å². The first kappa shape index (κ1) is 15.5. The number of ether oxygens (including phenoxy) is 1. The molecule has 2 rings (SSSR count).